The van der Waals surface area contributed by atoms with Gasteiger partial charge in [0.2, 0.25) is 0 Å². The summed E-state index contributed by atoms with van der Waals surface area (Å²) in [6.45, 7) is 3.03. The second-order valence-electron chi connectivity index (χ2n) is 5.56. The van der Waals surface area contributed by atoms with Crippen molar-refractivity contribution in [2.75, 3.05) is 0 Å². The molecule has 24 heavy (non-hydrogen) atoms. The molecule has 0 atom stereocenters. The number of ether oxygens (including phenoxy) is 1. The highest BCUT2D eigenvalue weighted by atomic mass is 16.5. The van der Waals surface area contributed by atoms with E-state index in [0.29, 0.717) is 29.2 Å². The van der Waals surface area contributed by atoms with E-state index in [1.54, 1.807) is 25.3 Å². The molecule has 0 saturated heterocycles. The average Bonchev–Trinajstić information content (AvgIpc) is 2.78. The smallest absolute Gasteiger partial charge is 0.178 e. The second-order valence-corrected chi connectivity index (χ2v) is 5.56. The minimum absolute atomic E-state index is 0.0277. The quantitative estimate of drug-likeness (QED) is 0.780. The minimum Gasteiger partial charge on any atom is -0.457 e. The molecule has 120 valence electrons. The average molecular weight is 319 g/mol. The molecular formula is C20H17NO3. The third-order valence-corrected chi connectivity index (χ3v) is 3.80. The molecule has 0 aliphatic heterocycles. The maximum atomic E-state index is 11.9. The molecule has 1 aromatic heterocycles. The van der Waals surface area contributed by atoms with E-state index >= 15 is 0 Å². The standard InChI is InChI=1S/C20H17NO3/c1-13(22)16-6-3-4-7-18-17(16)8-5-9-20(18)24-15-10-11-21-19(12-15)14(2)23/h4-12H,3H2,1-2H3. The first-order chi connectivity index (χ1) is 11.6. The van der Waals surface area contributed by atoms with E-state index in [2.05, 4.69) is 4.98 Å². The Bertz CT molecular complexity index is 878. The molecule has 2 aromatic rings. The number of fused-ring (bicyclic) bond motifs is 1. The van der Waals surface area contributed by atoms with Crippen molar-refractivity contribution in [3.63, 3.8) is 0 Å². The van der Waals surface area contributed by atoms with Crippen molar-refractivity contribution in [1.29, 1.82) is 0 Å². The Balaban J connectivity index is 2.03. The second kappa shape index (κ2) is 6.62. The van der Waals surface area contributed by atoms with Gasteiger partial charge in [0.1, 0.15) is 17.2 Å². The van der Waals surface area contributed by atoms with Gasteiger partial charge in [-0.15, -0.1) is 0 Å². The number of benzene rings is 1. The van der Waals surface area contributed by atoms with Crippen molar-refractivity contribution >= 4 is 23.2 Å². The predicted molar refractivity (Wildman–Crippen MR) is 93.1 cm³/mol. The SMILES string of the molecule is CC(=O)C1=CCC=Cc2c(Oc3ccnc(C(C)=O)c3)cccc21. The molecule has 1 heterocycles. The number of rotatable bonds is 4. The number of pyridine rings is 1. The van der Waals surface area contributed by atoms with Gasteiger partial charge < -0.3 is 4.74 Å². The van der Waals surface area contributed by atoms with Gasteiger partial charge in [-0.2, -0.15) is 0 Å². The number of hydrogen-bond donors (Lipinski definition) is 0. The normalized spacial score (nSPS) is 12.8. The van der Waals surface area contributed by atoms with Crippen LogP contribution in [0.3, 0.4) is 0 Å². The lowest BCUT2D eigenvalue weighted by Crippen LogP contribution is -2.00. The Morgan fingerprint density at radius 2 is 1.96 bits per heavy atom. The summed E-state index contributed by atoms with van der Waals surface area (Å²) in [6, 6.07) is 8.94. The van der Waals surface area contributed by atoms with Gasteiger partial charge in [0.25, 0.3) is 0 Å². The van der Waals surface area contributed by atoms with Crippen molar-refractivity contribution in [3.05, 3.63) is 65.5 Å². The number of nitrogens with zero attached hydrogens (tertiary/aromatic N) is 1. The highest BCUT2D eigenvalue weighted by Gasteiger charge is 2.16. The highest BCUT2D eigenvalue weighted by Crippen LogP contribution is 2.34. The Kier molecular flexibility index (Phi) is 4.38. The van der Waals surface area contributed by atoms with Gasteiger partial charge in [0, 0.05) is 30.3 Å². The minimum atomic E-state index is -0.117. The maximum absolute atomic E-state index is 11.9. The van der Waals surface area contributed by atoms with E-state index in [-0.39, 0.29) is 11.6 Å². The molecule has 0 saturated carbocycles. The van der Waals surface area contributed by atoms with Crippen molar-refractivity contribution in [2.24, 2.45) is 0 Å². The lowest BCUT2D eigenvalue weighted by molar-refractivity contribution is -0.111. The molecule has 4 nitrogen and oxygen atoms in total. The third kappa shape index (κ3) is 3.18. The van der Waals surface area contributed by atoms with Gasteiger partial charge >= 0.3 is 0 Å². The van der Waals surface area contributed by atoms with Crippen LogP contribution in [0.5, 0.6) is 11.5 Å². The summed E-state index contributed by atoms with van der Waals surface area (Å²) >= 11 is 0. The lowest BCUT2D eigenvalue weighted by Gasteiger charge is -2.13. The van der Waals surface area contributed by atoms with Crippen LogP contribution in [0.2, 0.25) is 0 Å². The third-order valence-electron chi connectivity index (χ3n) is 3.80. The van der Waals surface area contributed by atoms with Gasteiger partial charge in [-0.3, -0.25) is 14.6 Å². The molecule has 0 bridgehead atoms. The first-order valence-electron chi connectivity index (χ1n) is 7.72. The van der Waals surface area contributed by atoms with Gasteiger partial charge in [-0.1, -0.05) is 30.4 Å². The number of aromatic nitrogens is 1. The van der Waals surface area contributed by atoms with Crippen LogP contribution < -0.4 is 4.74 Å². The Morgan fingerprint density at radius 1 is 1.12 bits per heavy atom. The summed E-state index contributed by atoms with van der Waals surface area (Å²) in [4.78, 5) is 27.4. The summed E-state index contributed by atoms with van der Waals surface area (Å²) < 4.78 is 5.97. The zero-order valence-corrected chi connectivity index (χ0v) is 13.6. The summed E-state index contributed by atoms with van der Waals surface area (Å²) in [5.74, 6) is 1.09. The van der Waals surface area contributed by atoms with E-state index in [0.717, 1.165) is 11.1 Å². The number of ketones is 2. The van der Waals surface area contributed by atoms with Crippen LogP contribution in [0.1, 0.15) is 41.9 Å². The van der Waals surface area contributed by atoms with Gasteiger partial charge in [-0.05, 0) is 31.0 Å². The monoisotopic (exact) mass is 319 g/mol. The van der Waals surface area contributed by atoms with Crippen molar-refractivity contribution in [3.8, 4) is 11.5 Å². The van der Waals surface area contributed by atoms with Crippen LogP contribution in [-0.2, 0) is 4.79 Å². The fourth-order valence-corrected chi connectivity index (χ4v) is 2.65. The van der Waals surface area contributed by atoms with Crippen LogP contribution in [0.15, 0.2) is 48.7 Å². The predicted octanol–water partition coefficient (Wildman–Crippen LogP) is 4.47. The molecular weight excluding hydrogens is 302 g/mol. The number of Topliss-reactive ketones (excluding diaryl/α,β-unsaturated/α-hetero) is 2. The molecule has 1 aliphatic carbocycles. The Morgan fingerprint density at radius 3 is 2.71 bits per heavy atom. The van der Waals surface area contributed by atoms with Crippen molar-refractivity contribution in [1.82, 2.24) is 4.98 Å². The number of hydrogen-bond acceptors (Lipinski definition) is 4. The fraction of sp³-hybridized carbons (Fsp3) is 0.150. The van der Waals surface area contributed by atoms with Crippen LogP contribution >= 0.6 is 0 Å². The van der Waals surface area contributed by atoms with Crippen molar-refractivity contribution < 1.29 is 14.3 Å². The number of carbonyl (C=O) groups is 2. The molecule has 0 unspecified atom stereocenters. The van der Waals surface area contributed by atoms with E-state index in [4.69, 9.17) is 4.74 Å². The molecule has 1 aromatic carbocycles. The molecule has 0 N–H and O–H groups in total. The molecule has 0 fully saturated rings. The number of carbonyl (C=O) groups excluding carboxylic acids is 2. The van der Waals surface area contributed by atoms with Gasteiger partial charge in [0.15, 0.2) is 11.6 Å². The van der Waals surface area contributed by atoms with E-state index in [1.807, 2.05) is 36.4 Å². The highest BCUT2D eigenvalue weighted by molar-refractivity contribution is 6.20. The molecule has 0 spiro atoms. The van der Waals surface area contributed by atoms with E-state index in [9.17, 15) is 9.59 Å². The largest absolute Gasteiger partial charge is 0.457 e. The molecule has 0 radical (unpaired) electrons. The first-order valence-corrected chi connectivity index (χ1v) is 7.72. The Labute approximate surface area is 140 Å². The van der Waals surface area contributed by atoms with Gasteiger partial charge in [0.05, 0.1) is 0 Å². The van der Waals surface area contributed by atoms with Crippen LogP contribution in [0.4, 0.5) is 0 Å². The van der Waals surface area contributed by atoms with Crippen LogP contribution in [0.25, 0.3) is 11.6 Å². The maximum Gasteiger partial charge on any atom is 0.178 e. The topological polar surface area (TPSA) is 56.3 Å². The molecule has 1 aliphatic rings. The summed E-state index contributed by atoms with van der Waals surface area (Å²) in [6.07, 6.45) is 8.13. The molecule has 0 amide bonds. The van der Waals surface area contributed by atoms with E-state index in [1.165, 1.54) is 6.92 Å². The van der Waals surface area contributed by atoms with Crippen LogP contribution in [0, 0.1) is 0 Å². The summed E-state index contributed by atoms with van der Waals surface area (Å²) in [5.41, 5.74) is 2.77. The summed E-state index contributed by atoms with van der Waals surface area (Å²) in [7, 11) is 0. The molecule has 4 heteroatoms. The van der Waals surface area contributed by atoms with Crippen LogP contribution in [-0.4, -0.2) is 16.6 Å². The van der Waals surface area contributed by atoms with Gasteiger partial charge in [-0.25, -0.2) is 0 Å². The number of allylic oxidation sites excluding steroid dienone is 3. The zero-order chi connectivity index (χ0) is 17.1. The first kappa shape index (κ1) is 15.9. The fourth-order valence-electron chi connectivity index (χ4n) is 2.65. The Hall–Kier alpha value is -3.01. The zero-order valence-electron chi connectivity index (χ0n) is 13.6. The van der Waals surface area contributed by atoms with E-state index < -0.39 is 0 Å². The van der Waals surface area contributed by atoms with Crippen molar-refractivity contribution in [2.45, 2.75) is 20.3 Å². The summed E-state index contributed by atoms with van der Waals surface area (Å²) in [5, 5.41) is 0. The molecule has 3 rings (SSSR count). The lowest BCUT2D eigenvalue weighted by atomic mass is 9.97.